The van der Waals surface area contributed by atoms with Crippen LogP contribution >= 0.6 is 0 Å². The number of aliphatic hydroxyl groups is 3. The van der Waals surface area contributed by atoms with E-state index in [1.165, 1.54) is 0 Å². The Hall–Kier alpha value is -1.65. The zero-order valence-electron chi connectivity index (χ0n) is 17.0. The molecule has 7 nitrogen and oxygen atoms in total. The van der Waals surface area contributed by atoms with E-state index in [1.807, 2.05) is 37.3 Å². The number of benzene rings is 2. The zero-order valence-corrected chi connectivity index (χ0v) is 17.8. The minimum Gasteiger partial charge on any atom is -0.394 e. The molecule has 0 amide bonds. The topological polar surface area (TPSA) is 105 Å². The van der Waals surface area contributed by atoms with Crippen molar-refractivity contribution >= 4 is 10.8 Å². The SMILES string of the molecule is CCO[C@@H]1[C@@H](OCc2ccccc2)O[C@H](CO)[C@@H](O)[C@@]1(O)S(=O)c1ccc(C)cc1. The summed E-state index contributed by atoms with van der Waals surface area (Å²) in [7, 11) is -2.09. The van der Waals surface area contributed by atoms with Crippen LogP contribution in [0.25, 0.3) is 0 Å². The van der Waals surface area contributed by atoms with Crippen LogP contribution < -0.4 is 0 Å². The Kier molecular flexibility index (Phi) is 7.75. The highest BCUT2D eigenvalue weighted by Gasteiger charge is 2.60. The van der Waals surface area contributed by atoms with Crippen molar-refractivity contribution in [3.05, 3.63) is 65.7 Å². The molecular formula is C22H28O7S. The summed E-state index contributed by atoms with van der Waals surface area (Å²) in [5.41, 5.74) is 1.83. The van der Waals surface area contributed by atoms with Crippen LogP contribution in [0.5, 0.6) is 0 Å². The number of aliphatic hydroxyl groups excluding tert-OH is 2. The maximum Gasteiger partial charge on any atom is 0.204 e. The molecule has 1 saturated heterocycles. The lowest BCUT2D eigenvalue weighted by Crippen LogP contribution is -2.69. The summed E-state index contributed by atoms with van der Waals surface area (Å²) in [5.74, 6) is 0. The van der Waals surface area contributed by atoms with Gasteiger partial charge in [-0.2, -0.15) is 0 Å². The van der Waals surface area contributed by atoms with Gasteiger partial charge in [0.05, 0.1) is 24.0 Å². The molecule has 164 valence electrons. The molecule has 1 fully saturated rings. The van der Waals surface area contributed by atoms with Gasteiger partial charge in [-0.15, -0.1) is 0 Å². The Morgan fingerprint density at radius 1 is 1.10 bits per heavy atom. The molecule has 2 aromatic carbocycles. The van der Waals surface area contributed by atoms with Crippen LogP contribution in [0.15, 0.2) is 59.5 Å². The van der Waals surface area contributed by atoms with Gasteiger partial charge in [-0.1, -0.05) is 48.0 Å². The molecule has 0 spiro atoms. The summed E-state index contributed by atoms with van der Waals surface area (Å²) >= 11 is 0. The highest BCUT2D eigenvalue weighted by Crippen LogP contribution is 2.38. The Balaban J connectivity index is 1.94. The first-order valence-corrected chi connectivity index (χ1v) is 11.0. The van der Waals surface area contributed by atoms with Crippen molar-refractivity contribution in [1.82, 2.24) is 0 Å². The molecule has 0 saturated carbocycles. The lowest BCUT2D eigenvalue weighted by Gasteiger charge is -2.48. The minimum absolute atomic E-state index is 0.149. The van der Waals surface area contributed by atoms with Gasteiger partial charge >= 0.3 is 0 Å². The first-order chi connectivity index (χ1) is 14.4. The largest absolute Gasteiger partial charge is 0.394 e. The standard InChI is InChI=1S/C22H28O7S/c1-3-27-20-21(28-14-16-7-5-4-6-8-16)29-18(13-23)19(24)22(20,25)30(26)17-11-9-15(2)10-12-17/h4-12,18-21,23-25H,3,13-14H2,1-2H3/t18-,19-,20-,21+,22-,30?/m1/s1. The van der Waals surface area contributed by atoms with Crippen molar-refractivity contribution in [2.75, 3.05) is 13.2 Å². The van der Waals surface area contributed by atoms with Gasteiger partial charge in [-0.25, -0.2) is 0 Å². The normalized spacial score (nSPS) is 30.2. The Morgan fingerprint density at radius 2 is 1.77 bits per heavy atom. The van der Waals surface area contributed by atoms with Gasteiger partial charge in [0.1, 0.15) is 12.2 Å². The van der Waals surface area contributed by atoms with Gasteiger partial charge < -0.3 is 29.5 Å². The van der Waals surface area contributed by atoms with Crippen molar-refractivity contribution in [2.24, 2.45) is 0 Å². The van der Waals surface area contributed by atoms with E-state index in [1.54, 1.807) is 31.2 Å². The van der Waals surface area contributed by atoms with Crippen LogP contribution in [0.2, 0.25) is 0 Å². The molecule has 0 radical (unpaired) electrons. The lowest BCUT2D eigenvalue weighted by atomic mass is 9.98. The van der Waals surface area contributed by atoms with Crippen molar-refractivity contribution in [3.8, 4) is 0 Å². The quantitative estimate of drug-likeness (QED) is 0.576. The van der Waals surface area contributed by atoms with E-state index in [4.69, 9.17) is 14.2 Å². The number of rotatable bonds is 8. The van der Waals surface area contributed by atoms with Crippen LogP contribution in [0, 0.1) is 6.92 Å². The average Bonchev–Trinajstić information content (AvgIpc) is 2.77. The maximum absolute atomic E-state index is 13.4. The number of hydrogen-bond donors (Lipinski definition) is 3. The Morgan fingerprint density at radius 3 is 2.37 bits per heavy atom. The molecule has 1 aliphatic heterocycles. The first kappa shape index (κ1) is 23.0. The fraction of sp³-hybridized carbons (Fsp3) is 0.455. The predicted octanol–water partition coefficient (Wildman–Crippen LogP) is 1.49. The highest BCUT2D eigenvalue weighted by molar-refractivity contribution is 7.86. The second-order valence-corrected chi connectivity index (χ2v) is 8.84. The van der Waals surface area contributed by atoms with E-state index < -0.39 is 46.9 Å². The number of aryl methyl sites for hydroxylation is 1. The fourth-order valence-corrected chi connectivity index (χ4v) is 4.94. The molecular weight excluding hydrogens is 408 g/mol. The molecule has 0 aromatic heterocycles. The smallest absolute Gasteiger partial charge is 0.204 e. The van der Waals surface area contributed by atoms with Gasteiger partial charge in [0.2, 0.25) is 4.93 Å². The zero-order chi connectivity index (χ0) is 21.7. The van der Waals surface area contributed by atoms with Crippen LogP contribution in [0.3, 0.4) is 0 Å². The molecule has 0 aliphatic carbocycles. The highest BCUT2D eigenvalue weighted by atomic mass is 32.2. The van der Waals surface area contributed by atoms with Crippen molar-refractivity contribution in [3.63, 3.8) is 0 Å². The molecule has 3 rings (SSSR count). The molecule has 1 unspecified atom stereocenters. The average molecular weight is 437 g/mol. The summed E-state index contributed by atoms with van der Waals surface area (Å²) < 4.78 is 30.7. The first-order valence-electron chi connectivity index (χ1n) is 9.84. The lowest BCUT2D eigenvalue weighted by molar-refractivity contribution is -0.321. The van der Waals surface area contributed by atoms with E-state index in [0.717, 1.165) is 11.1 Å². The Labute approximate surface area is 178 Å². The van der Waals surface area contributed by atoms with Gasteiger partial charge in [-0.3, -0.25) is 4.21 Å². The summed E-state index contributed by atoms with van der Waals surface area (Å²) in [6.45, 7) is 3.34. The summed E-state index contributed by atoms with van der Waals surface area (Å²) in [5, 5.41) is 32.1. The monoisotopic (exact) mass is 436 g/mol. The van der Waals surface area contributed by atoms with E-state index in [-0.39, 0.29) is 13.2 Å². The summed E-state index contributed by atoms with van der Waals surface area (Å²) in [6, 6.07) is 16.1. The maximum atomic E-state index is 13.4. The number of ether oxygens (including phenoxy) is 3. The molecule has 8 heteroatoms. The third-order valence-corrected chi connectivity index (χ3v) is 6.82. The Bertz CT molecular complexity index is 829. The predicted molar refractivity (Wildman–Crippen MR) is 111 cm³/mol. The molecule has 1 heterocycles. The molecule has 1 aliphatic rings. The van der Waals surface area contributed by atoms with Crippen molar-refractivity contribution in [1.29, 1.82) is 0 Å². The second kappa shape index (κ2) is 10.1. The summed E-state index contributed by atoms with van der Waals surface area (Å²) in [6.07, 6.45) is -5.24. The van der Waals surface area contributed by atoms with E-state index >= 15 is 0 Å². The van der Waals surface area contributed by atoms with Crippen LogP contribution in [0.4, 0.5) is 0 Å². The van der Waals surface area contributed by atoms with Crippen LogP contribution in [-0.4, -0.2) is 62.3 Å². The fourth-order valence-electron chi connectivity index (χ4n) is 3.41. The van der Waals surface area contributed by atoms with E-state index in [0.29, 0.717) is 4.90 Å². The molecule has 3 N–H and O–H groups in total. The van der Waals surface area contributed by atoms with E-state index in [2.05, 4.69) is 0 Å². The van der Waals surface area contributed by atoms with Gasteiger partial charge in [0.15, 0.2) is 12.4 Å². The van der Waals surface area contributed by atoms with Crippen molar-refractivity contribution in [2.45, 2.75) is 54.9 Å². The molecule has 30 heavy (non-hydrogen) atoms. The molecule has 2 aromatic rings. The van der Waals surface area contributed by atoms with Gasteiger partial charge in [-0.05, 0) is 31.5 Å². The van der Waals surface area contributed by atoms with Crippen LogP contribution in [-0.2, 0) is 31.6 Å². The van der Waals surface area contributed by atoms with E-state index in [9.17, 15) is 19.5 Å². The third-order valence-electron chi connectivity index (χ3n) is 5.06. The van der Waals surface area contributed by atoms with Gasteiger partial charge in [0, 0.05) is 11.5 Å². The summed E-state index contributed by atoms with van der Waals surface area (Å²) in [4.78, 5) is -1.93. The number of hydrogen-bond acceptors (Lipinski definition) is 7. The second-order valence-electron chi connectivity index (χ2n) is 7.18. The van der Waals surface area contributed by atoms with Crippen molar-refractivity contribution < 1.29 is 33.7 Å². The minimum atomic E-state index is -2.25. The third kappa shape index (κ3) is 4.65. The van der Waals surface area contributed by atoms with Crippen LogP contribution in [0.1, 0.15) is 18.1 Å². The molecule has 0 bridgehead atoms. The van der Waals surface area contributed by atoms with Gasteiger partial charge in [0.25, 0.3) is 0 Å². The molecule has 6 atom stereocenters.